The molecule has 1 aromatic rings. The zero-order valence-electron chi connectivity index (χ0n) is 13.3. The molecule has 0 bridgehead atoms. The third-order valence-electron chi connectivity index (χ3n) is 4.53. The second-order valence-corrected chi connectivity index (χ2v) is 6.12. The number of hydrogen-bond donors (Lipinski definition) is 0. The lowest BCUT2D eigenvalue weighted by Crippen LogP contribution is -2.47. The molecule has 0 aromatic carbocycles. The van der Waals surface area contributed by atoms with Gasteiger partial charge in [-0.3, -0.25) is 9.80 Å². The number of aromatic nitrogens is 3. The number of piperazine rings is 1. The van der Waals surface area contributed by atoms with Crippen LogP contribution in [-0.4, -0.2) is 70.5 Å². The van der Waals surface area contributed by atoms with Crippen molar-refractivity contribution in [1.29, 1.82) is 0 Å². The smallest absolute Gasteiger partial charge is 0.146 e. The molecule has 3 rings (SSSR count). The zero-order chi connectivity index (χ0) is 14.7. The SMILES string of the molecule is CCOCCN1CCN(Cc2nnc(C3CC3)n2C)CC1. The van der Waals surface area contributed by atoms with Gasteiger partial charge in [-0.15, -0.1) is 10.2 Å². The molecule has 0 unspecified atom stereocenters. The monoisotopic (exact) mass is 293 g/mol. The molecule has 0 spiro atoms. The van der Waals surface area contributed by atoms with Gasteiger partial charge in [-0.25, -0.2) is 0 Å². The highest BCUT2D eigenvalue weighted by atomic mass is 16.5. The van der Waals surface area contributed by atoms with Crippen LogP contribution in [-0.2, 0) is 18.3 Å². The summed E-state index contributed by atoms with van der Waals surface area (Å²) in [6.45, 7) is 10.2. The van der Waals surface area contributed by atoms with Gasteiger partial charge in [0.2, 0.25) is 0 Å². The summed E-state index contributed by atoms with van der Waals surface area (Å²) < 4.78 is 7.64. The Kier molecular flexibility index (Phi) is 4.87. The first-order chi connectivity index (χ1) is 10.3. The summed E-state index contributed by atoms with van der Waals surface area (Å²) in [4.78, 5) is 4.97. The van der Waals surface area contributed by atoms with Crippen molar-refractivity contribution in [2.24, 2.45) is 7.05 Å². The number of hydrogen-bond acceptors (Lipinski definition) is 5. The van der Waals surface area contributed by atoms with Gasteiger partial charge in [0.05, 0.1) is 13.2 Å². The Morgan fingerprint density at radius 1 is 1.10 bits per heavy atom. The molecular weight excluding hydrogens is 266 g/mol. The van der Waals surface area contributed by atoms with Crippen molar-refractivity contribution in [1.82, 2.24) is 24.6 Å². The van der Waals surface area contributed by atoms with Crippen LogP contribution < -0.4 is 0 Å². The molecule has 1 aliphatic heterocycles. The minimum atomic E-state index is 0.673. The van der Waals surface area contributed by atoms with Crippen LogP contribution in [0, 0.1) is 0 Å². The van der Waals surface area contributed by atoms with Gasteiger partial charge < -0.3 is 9.30 Å². The summed E-state index contributed by atoms with van der Waals surface area (Å²) in [7, 11) is 2.11. The van der Waals surface area contributed by atoms with E-state index >= 15 is 0 Å². The zero-order valence-corrected chi connectivity index (χ0v) is 13.3. The molecule has 2 aliphatic rings. The van der Waals surface area contributed by atoms with Gasteiger partial charge in [-0.05, 0) is 19.8 Å². The minimum absolute atomic E-state index is 0.673. The molecule has 1 aliphatic carbocycles. The quantitative estimate of drug-likeness (QED) is 0.697. The molecular formula is C15H27N5O. The predicted octanol–water partition coefficient (Wildman–Crippen LogP) is 0.847. The molecule has 2 fully saturated rings. The maximum atomic E-state index is 5.43. The fourth-order valence-corrected chi connectivity index (χ4v) is 2.92. The maximum Gasteiger partial charge on any atom is 0.146 e. The van der Waals surface area contributed by atoms with Crippen molar-refractivity contribution >= 4 is 0 Å². The summed E-state index contributed by atoms with van der Waals surface area (Å²) in [5.74, 6) is 2.96. The van der Waals surface area contributed by atoms with Crippen molar-refractivity contribution in [3.05, 3.63) is 11.6 Å². The Hall–Kier alpha value is -0.980. The van der Waals surface area contributed by atoms with Gasteiger partial charge >= 0.3 is 0 Å². The van der Waals surface area contributed by atoms with E-state index in [2.05, 4.69) is 38.5 Å². The second-order valence-electron chi connectivity index (χ2n) is 6.12. The minimum Gasteiger partial charge on any atom is -0.380 e. The molecule has 6 nitrogen and oxygen atoms in total. The average Bonchev–Trinajstić information content (AvgIpc) is 3.27. The third kappa shape index (κ3) is 3.81. The average molecular weight is 293 g/mol. The Morgan fingerprint density at radius 3 is 2.48 bits per heavy atom. The summed E-state index contributed by atoms with van der Waals surface area (Å²) in [5, 5.41) is 8.76. The molecule has 2 heterocycles. The van der Waals surface area contributed by atoms with Crippen LogP contribution in [0.4, 0.5) is 0 Å². The highest BCUT2D eigenvalue weighted by Crippen LogP contribution is 2.38. The van der Waals surface area contributed by atoms with Gasteiger partial charge in [0.15, 0.2) is 0 Å². The number of nitrogens with zero attached hydrogens (tertiary/aromatic N) is 5. The fourth-order valence-electron chi connectivity index (χ4n) is 2.92. The Morgan fingerprint density at radius 2 is 1.81 bits per heavy atom. The lowest BCUT2D eigenvalue weighted by atomic mass is 10.3. The number of rotatable bonds is 7. The molecule has 0 radical (unpaired) electrons. The van der Waals surface area contributed by atoms with Crippen LogP contribution in [0.3, 0.4) is 0 Å². The first kappa shape index (κ1) is 14.9. The van der Waals surface area contributed by atoms with Crippen LogP contribution in [0.2, 0.25) is 0 Å². The van der Waals surface area contributed by atoms with Crippen LogP contribution >= 0.6 is 0 Å². The van der Waals surface area contributed by atoms with Crippen LogP contribution in [0.5, 0.6) is 0 Å². The Balaban J connectivity index is 1.44. The third-order valence-corrected chi connectivity index (χ3v) is 4.53. The van der Waals surface area contributed by atoms with Gasteiger partial charge in [0.25, 0.3) is 0 Å². The summed E-state index contributed by atoms with van der Waals surface area (Å²) in [5.41, 5.74) is 0. The second kappa shape index (κ2) is 6.85. The Labute approximate surface area is 127 Å². The molecule has 21 heavy (non-hydrogen) atoms. The molecule has 6 heteroatoms. The van der Waals surface area contributed by atoms with E-state index < -0.39 is 0 Å². The van der Waals surface area contributed by atoms with Crippen LogP contribution in [0.15, 0.2) is 0 Å². The fraction of sp³-hybridized carbons (Fsp3) is 0.867. The summed E-state index contributed by atoms with van der Waals surface area (Å²) in [6, 6.07) is 0. The molecule has 118 valence electrons. The highest BCUT2D eigenvalue weighted by Gasteiger charge is 2.29. The van der Waals surface area contributed by atoms with E-state index in [0.717, 1.165) is 58.3 Å². The first-order valence-corrected chi connectivity index (χ1v) is 8.18. The molecule has 0 N–H and O–H groups in total. The van der Waals surface area contributed by atoms with E-state index in [9.17, 15) is 0 Å². The molecule has 1 saturated carbocycles. The van der Waals surface area contributed by atoms with E-state index in [4.69, 9.17) is 4.74 Å². The number of ether oxygens (including phenoxy) is 1. The van der Waals surface area contributed by atoms with E-state index in [1.54, 1.807) is 0 Å². The van der Waals surface area contributed by atoms with E-state index in [-0.39, 0.29) is 0 Å². The molecule has 0 amide bonds. The van der Waals surface area contributed by atoms with Crippen molar-refractivity contribution in [2.75, 3.05) is 45.9 Å². The van der Waals surface area contributed by atoms with Gasteiger partial charge in [0, 0.05) is 52.3 Å². The normalized spacial score (nSPS) is 21.0. The lowest BCUT2D eigenvalue weighted by Gasteiger charge is -2.34. The van der Waals surface area contributed by atoms with Crippen molar-refractivity contribution in [2.45, 2.75) is 32.2 Å². The van der Waals surface area contributed by atoms with Gasteiger partial charge in [-0.2, -0.15) is 0 Å². The van der Waals surface area contributed by atoms with Crippen LogP contribution in [0.25, 0.3) is 0 Å². The summed E-state index contributed by atoms with van der Waals surface area (Å²) >= 11 is 0. The largest absolute Gasteiger partial charge is 0.380 e. The first-order valence-electron chi connectivity index (χ1n) is 8.18. The van der Waals surface area contributed by atoms with E-state index in [1.165, 1.54) is 18.7 Å². The lowest BCUT2D eigenvalue weighted by molar-refractivity contribution is 0.0774. The Bertz CT molecular complexity index is 449. The standard InChI is InChI=1S/C15H27N5O/c1-3-21-11-10-19-6-8-20(9-7-19)12-14-16-17-15(18(14)2)13-4-5-13/h13H,3-12H2,1-2H3. The molecule has 0 atom stereocenters. The molecule has 1 saturated heterocycles. The van der Waals surface area contributed by atoms with Crippen molar-refractivity contribution in [3.63, 3.8) is 0 Å². The van der Waals surface area contributed by atoms with Crippen molar-refractivity contribution in [3.8, 4) is 0 Å². The van der Waals surface area contributed by atoms with Crippen LogP contribution in [0.1, 0.15) is 37.3 Å². The van der Waals surface area contributed by atoms with E-state index in [1.807, 2.05) is 0 Å². The van der Waals surface area contributed by atoms with Gasteiger partial charge in [-0.1, -0.05) is 0 Å². The highest BCUT2D eigenvalue weighted by molar-refractivity contribution is 5.07. The van der Waals surface area contributed by atoms with Crippen molar-refractivity contribution < 1.29 is 4.74 Å². The maximum absolute atomic E-state index is 5.43. The van der Waals surface area contributed by atoms with Gasteiger partial charge in [0.1, 0.15) is 11.6 Å². The predicted molar refractivity (Wildman–Crippen MR) is 81.2 cm³/mol. The summed E-state index contributed by atoms with van der Waals surface area (Å²) in [6.07, 6.45) is 2.56. The van der Waals surface area contributed by atoms with E-state index in [0.29, 0.717) is 5.92 Å². The topological polar surface area (TPSA) is 46.4 Å². The molecule has 1 aromatic heterocycles.